The molecule has 0 saturated heterocycles. The standard InChI is InChI=1S/C14H18N4O2S/c1-9(2)7-12-16-17-14(21-12)15-11(19)8-18-6-4-5-10(3)13(18)20/h4-6,9H,7-8H2,1-3H3,(H,15,17,19). The predicted octanol–water partition coefficient (Wildman–Crippen LogP) is 1.85. The fourth-order valence-electron chi connectivity index (χ4n) is 1.83. The fourth-order valence-corrected chi connectivity index (χ4v) is 2.80. The van der Waals surface area contributed by atoms with Gasteiger partial charge in [-0.1, -0.05) is 31.3 Å². The molecule has 0 atom stereocenters. The number of carbonyl (C=O) groups is 1. The summed E-state index contributed by atoms with van der Waals surface area (Å²) in [6, 6.07) is 3.47. The summed E-state index contributed by atoms with van der Waals surface area (Å²) in [5, 5.41) is 12.0. The first-order chi connectivity index (χ1) is 9.95. The topological polar surface area (TPSA) is 76.9 Å². The minimum Gasteiger partial charge on any atom is -0.306 e. The van der Waals surface area contributed by atoms with Crippen LogP contribution >= 0.6 is 11.3 Å². The smallest absolute Gasteiger partial charge is 0.253 e. The van der Waals surface area contributed by atoms with Gasteiger partial charge in [-0.2, -0.15) is 0 Å². The molecule has 0 bridgehead atoms. The van der Waals surface area contributed by atoms with Crippen LogP contribution in [0.4, 0.5) is 5.13 Å². The van der Waals surface area contributed by atoms with E-state index in [2.05, 4.69) is 29.4 Å². The van der Waals surface area contributed by atoms with Gasteiger partial charge in [-0.3, -0.25) is 14.9 Å². The first kappa shape index (κ1) is 15.4. The highest BCUT2D eigenvalue weighted by Gasteiger charge is 2.10. The molecule has 2 rings (SSSR count). The van der Waals surface area contributed by atoms with Gasteiger partial charge < -0.3 is 4.57 Å². The van der Waals surface area contributed by atoms with Crippen LogP contribution in [0.15, 0.2) is 23.1 Å². The number of hydrogen-bond donors (Lipinski definition) is 1. The highest BCUT2D eigenvalue weighted by Crippen LogP contribution is 2.18. The van der Waals surface area contributed by atoms with E-state index in [-0.39, 0.29) is 18.0 Å². The zero-order chi connectivity index (χ0) is 15.4. The summed E-state index contributed by atoms with van der Waals surface area (Å²) in [6.45, 7) is 5.90. The molecule has 0 radical (unpaired) electrons. The normalized spacial score (nSPS) is 10.9. The zero-order valence-electron chi connectivity index (χ0n) is 12.3. The van der Waals surface area contributed by atoms with E-state index in [4.69, 9.17) is 0 Å². The highest BCUT2D eigenvalue weighted by atomic mass is 32.1. The molecule has 1 amide bonds. The van der Waals surface area contributed by atoms with Gasteiger partial charge in [-0.05, 0) is 18.9 Å². The second-order valence-corrected chi connectivity index (χ2v) is 6.33. The van der Waals surface area contributed by atoms with E-state index in [0.29, 0.717) is 16.6 Å². The number of nitrogens with one attached hydrogen (secondary N) is 1. The Kier molecular flexibility index (Phi) is 4.85. The van der Waals surface area contributed by atoms with Crippen molar-refractivity contribution in [2.24, 2.45) is 5.92 Å². The van der Waals surface area contributed by atoms with Gasteiger partial charge in [0, 0.05) is 18.2 Å². The molecular weight excluding hydrogens is 288 g/mol. The first-order valence-corrected chi connectivity index (χ1v) is 7.55. The van der Waals surface area contributed by atoms with Crippen molar-refractivity contribution in [2.45, 2.75) is 33.7 Å². The molecular formula is C14H18N4O2S. The number of amides is 1. The molecule has 0 spiro atoms. The molecule has 21 heavy (non-hydrogen) atoms. The fraction of sp³-hybridized carbons (Fsp3) is 0.429. The average Bonchev–Trinajstić information content (AvgIpc) is 2.81. The summed E-state index contributed by atoms with van der Waals surface area (Å²) in [5.41, 5.74) is 0.450. The van der Waals surface area contributed by atoms with Gasteiger partial charge in [0.25, 0.3) is 5.56 Å². The number of aromatic nitrogens is 3. The van der Waals surface area contributed by atoms with Crippen LogP contribution in [0.25, 0.3) is 0 Å². The Balaban J connectivity index is 2.00. The Labute approximate surface area is 126 Å². The number of aryl methyl sites for hydroxylation is 1. The molecule has 2 heterocycles. The molecule has 0 aliphatic heterocycles. The lowest BCUT2D eigenvalue weighted by molar-refractivity contribution is -0.116. The van der Waals surface area contributed by atoms with Crippen molar-refractivity contribution in [3.8, 4) is 0 Å². The van der Waals surface area contributed by atoms with Gasteiger partial charge in [0.05, 0.1) is 0 Å². The van der Waals surface area contributed by atoms with Gasteiger partial charge in [-0.25, -0.2) is 0 Å². The van der Waals surface area contributed by atoms with Crippen LogP contribution in [0, 0.1) is 12.8 Å². The Bertz CT molecular complexity index is 690. The Morgan fingerprint density at radius 2 is 2.19 bits per heavy atom. The summed E-state index contributed by atoms with van der Waals surface area (Å²) in [6.07, 6.45) is 2.43. The van der Waals surface area contributed by atoms with Crippen LogP contribution in [0.2, 0.25) is 0 Å². The van der Waals surface area contributed by atoms with E-state index in [1.165, 1.54) is 15.9 Å². The lowest BCUT2D eigenvalue weighted by atomic mass is 10.1. The monoisotopic (exact) mass is 306 g/mol. The third kappa shape index (κ3) is 4.22. The average molecular weight is 306 g/mol. The maximum atomic E-state index is 11.9. The summed E-state index contributed by atoms with van der Waals surface area (Å²) < 4.78 is 1.38. The van der Waals surface area contributed by atoms with Crippen molar-refractivity contribution in [3.63, 3.8) is 0 Å². The minimum absolute atomic E-state index is 0.0282. The number of carbonyl (C=O) groups excluding carboxylic acids is 1. The maximum Gasteiger partial charge on any atom is 0.253 e. The van der Waals surface area contributed by atoms with Crippen LogP contribution in [0.5, 0.6) is 0 Å². The molecule has 2 aromatic rings. The summed E-state index contributed by atoms with van der Waals surface area (Å²) >= 11 is 1.37. The van der Waals surface area contributed by atoms with Crippen molar-refractivity contribution < 1.29 is 4.79 Å². The Morgan fingerprint density at radius 3 is 2.90 bits per heavy atom. The van der Waals surface area contributed by atoms with Crippen molar-refractivity contribution in [2.75, 3.05) is 5.32 Å². The van der Waals surface area contributed by atoms with Crippen LogP contribution in [0.1, 0.15) is 24.4 Å². The van der Waals surface area contributed by atoms with E-state index in [0.717, 1.165) is 11.4 Å². The molecule has 0 aliphatic rings. The minimum atomic E-state index is -0.282. The molecule has 1 N–H and O–H groups in total. The quantitative estimate of drug-likeness (QED) is 0.914. The molecule has 0 unspecified atom stereocenters. The van der Waals surface area contributed by atoms with Gasteiger partial charge in [0.1, 0.15) is 11.6 Å². The molecule has 0 aromatic carbocycles. The number of nitrogens with zero attached hydrogens (tertiary/aromatic N) is 3. The second-order valence-electron chi connectivity index (χ2n) is 5.27. The van der Waals surface area contributed by atoms with E-state index < -0.39 is 0 Å². The zero-order valence-corrected chi connectivity index (χ0v) is 13.1. The van der Waals surface area contributed by atoms with Crippen molar-refractivity contribution in [3.05, 3.63) is 39.3 Å². The van der Waals surface area contributed by atoms with Crippen LogP contribution in [0.3, 0.4) is 0 Å². The lowest BCUT2D eigenvalue weighted by Crippen LogP contribution is -2.28. The van der Waals surface area contributed by atoms with Crippen LogP contribution in [-0.4, -0.2) is 20.7 Å². The Hall–Kier alpha value is -2.02. The lowest BCUT2D eigenvalue weighted by Gasteiger charge is -2.05. The van der Waals surface area contributed by atoms with Gasteiger partial charge >= 0.3 is 0 Å². The second kappa shape index (κ2) is 6.62. The summed E-state index contributed by atoms with van der Waals surface area (Å²) in [7, 11) is 0. The molecule has 0 fully saturated rings. The van der Waals surface area contributed by atoms with E-state index in [9.17, 15) is 9.59 Å². The third-order valence-electron chi connectivity index (χ3n) is 2.82. The highest BCUT2D eigenvalue weighted by molar-refractivity contribution is 7.15. The predicted molar refractivity (Wildman–Crippen MR) is 82.5 cm³/mol. The third-order valence-corrected chi connectivity index (χ3v) is 3.68. The van der Waals surface area contributed by atoms with Crippen LogP contribution in [-0.2, 0) is 17.8 Å². The van der Waals surface area contributed by atoms with E-state index in [1.54, 1.807) is 25.3 Å². The summed E-state index contributed by atoms with van der Waals surface area (Å²) in [5.74, 6) is 0.210. The number of rotatable bonds is 5. The van der Waals surface area contributed by atoms with E-state index in [1.807, 2.05) is 0 Å². The van der Waals surface area contributed by atoms with Crippen molar-refractivity contribution in [1.82, 2.24) is 14.8 Å². The number of hydrogen-bond acceptors (Lipinski definition) is 5. The molecule has 2 aromatic heterocycles. The van der Waals surface area contributed by atoms with Crippen LogP contribution < -0.4 is 10.9 Å². The van der Waals surface area contributed by atoms with Gasteiger partial charge in [0.2, 0.25) is 11.0 Å². The largest absolute Gasteiger partial charge is 0.306 e. The molecule has 6 nitrogen and oxygen atoms in total. The van der Waals surface area contributed by atoms with Crippen molar-refractivity contribution in [1.29, 1.82) is 0 Å². The SMILES string of the molecule is Cc1cccn(CC(=O)Nc2nnc(CC(C)C)s2)c1=O. The molecule has 112 valence electrons. The Morgan fingerprint density at radius 1 is 1.43 bits per heavy atom. The molecule has 7 heteroatoms. The summed E-state index contributed by atoms with van der Waals surface area (Å²) in [4.78, 5) is 23.8. The van der Waals surface area contributed by atoms with Gasteiger partial charge in [0.15, 0.2) is 0 Å². The number of anilines is 1. The maximum absolute atomic E-state index is 11.9. The molecule has 0 aliphatic carbocycles. The first-order valence-electron chi connectivity index (χ1n) is 6.74. The molecule has 0 saturated carbocycles. The number of pyridine rings is 1. The van der Waals surface area contributed by atoms with Gasteiger partial charge in [-0.15, -0.1) is 10.2 Å². The van der Waals surface area contributed by atoms with E-state index >= 15 is 0 Å². The van der Waals surface area contributed by atoms with Crippen molar-refractivity contribution >= 4 is 22.4 Å².